The second-order valence-corrected chi connectivity index (χ2v) is 9.07. The maximum Gasteiger partial charge on any atom is 0.252 e. The third-order valence-electron chi connectivity index (χ3n) is 5.97. The number of pyridine rings is 1. The first-order chi connectivity index (χ1) is 17.0. The lowest BCUT2D eigenvalue weighted by Crippen LogP contribution is -2.25. The van der Waals surface area contributed by atoms with E-state index in [1.54, 1.807) is 24.5 Å². The molecule has 0 bridgehead atoms. The Kier molecular flexibility index (Phi) is 8.37. The van der Waals surface area contributed by atoms with Crippen molar-refractivity contribution in [2.24, 2.45) is 0 Å². The fourth-order valence-electron chi connectivity index (χ4n) is 4.16. The second kappa shape index (κ2) is 11.8. The monoisotopic (exact) mass is 490 g/mol. The lowest BCUT2D eigenvalue weighted by molar-refractivity contribution is 0.0952. The molecule has 0 radical (unpaired) electrons. The fourth-order valence-corrected chi connectivity index (χ4v) is 4.27. The van der Waals surface area contributed by atoms with E-state index >= 15 is 0 Å². The van der Waals surface area contributed by atoms with E-state index in [0.29, 0.717) is 18.7 Å². The van der Waals surface area contributed by atoms with Crippen LogP contribution in [0.15, 0.2) is 60.9 Å². The molecule has 4 rings (SSSR count). The average Bonchev–Trinajstić information content (AvgIpc) is 3.22. The van der Waals surface area contributed by atoms with Crippen LogP contribution in [0.2, 0.25) is 5.02 Å². The van der Waals surface area contributed by atoms with Crippen LogP contribution in [0.4, 0.5) is 0 Å². The number of halogens is 1. The number of benzene rings is 2. The fraction of sp³-hybridized carbons (Fsp3) is 0.321. The molecular formula is C28H31ClN4O2. The SMILES string of the molecule is Cc1cc(OCCCCn2c(CCCNC(=O)c3cccnc3)nc3ccccc32)cc(C)c1Cl. The number of nitrogens with zero attached hydrogens (tertiary/aromatic N) is 3. The highest BCUT2D eigenvalue weighted by molar-refractivity contribution is 6.32. The first kappa shape index (κ1) is 24.7. The number of aryl methyl sites for hydroxylation is 4. The van der Waals surface area contributed by atoms with E-state index in [1.807, 2.05) is 44.2 Å². The van der Waals surface area contributed by atoms with Gasteiger partial charge in [-0.05, 0) is 80.6 Å². The molecule has 0 spiro atoms. The van der Waals surface area contributed by atoms with E-state index in [9.17, 15) is 4.79 Å². The summed E-state index contributed by atoms with van der Waals surface area (Å²) in [5, 5.41) is 3.77. The van der Waals surface area contributed by atoms with Crippen molar-refractivity contribution >= 4 is 28.5 Å². The van der Waals surface area contributed by atoms with Crippen LogP contribution in [-0.4, -0.2) is 33.6 Å². The Hall–Kier alpha value is -3.38. The molecule has 182 valence electrons. The van der Waals surface area contributed by atoms with E-state index in [1.165, 1.54) is 0 Å². The van der Waals surface area contributed by atoms with Gasteiger partial charge in [-0.2, -0.15) is 0 Å². The van der Waals surface area contributed by atoms with E-state index in [4.69, 9.17) is 21.3 Å². The zero-order valence-electron chi connectivity index (χ0n) is 20.3. The van der Waals surface area contributed by atoms with Crippen LogP contribution in [-0.2, 0) is 13.0 Å². The summed E-state index contributed by atoms with van der Waals surface area (Å²) >= 11 is 6.25. The second-order valence-electron chi connectivity index (χ2n) is 8.70. The van der Waals surface area contributed by atoms with Crippen LogP contribution in [0.3, 0.4) is 0 Å². The Morgan fingerprint density at radius 1 is 1.06 bits per heavy atom. The van der Waals surface area contributed by atoms with Gasteiger partial charge in [-0.3, -0.25) is 9.78 Å². The number of ether oxygens (including phenoxy) is 1. The number of imidazole rings is 1. The van der Waals surface area contributed by atoms with Crippen LogP contribution in [0.25, 0.3) is 11.0 Å². The van der Waals surface area contributed by atoms with Crippen molar-refractivity contribution in [1.29, 1.82) is 0 Å². The number of unbranched alkanes of at least 4 members (excludes halogenated alkanes) is 1. The molecule has 0 unspecified atom stereocenters. The lowest BCUT2D eigenvalue weighted by Gasteiger charge is -2.12. The molecule has 2 heterocycles. The molecule has 2 aromatic heterocycles. The van der Waals surface area contributed by atoms with E-state index in [0.717, 1.165) is 71.0 Å². The van der Waals surface area contributed by atoms with E-state index < -0.39 is 0 Å². The number of rotatable bonds is 11. The first-order valence-corrected chi connectivity index (χ1v) is 12.4. The Labute approximate surface area is 211 Å². The van der Waals surface area contributed by atoms with Crippen LogP contribution in [0.1, 0.15) is 46.6 Å². The number of nitrogens with one attached hydrogen (secondary N) is 1. The molecule has 2 aromatic carbocycles. The van der Waals surface area contributed by atoms with Gasteiger partial charge in [0.15, 0.2) is 0 Å². The highest BCUT2D eigenvalue weighted by Gasteiger charge is 2.11. The lowest BCUT2D eigenvalue weighted by atomic mass is 10.1. The number of aromatic nitrogens is 3. The van der Waals surface area contributed by atoms with Crippen LogP contribution in [0, 0.1) is 13.8 Å². The molecule has 35 heavy (non-hydrogen) atoms. The Bertz CT molecular complexity index is 1260. The molecule has 6 nitrogen and oxygen atoms in total. The number of hydrogen-bond acceptors (Lipinski definition) is 4. The minimum atomic E-state index is -0.0994. The first-order valence-electron chi connectivity index (χ1n) is 12.0. The summed E-state index contributed by atoms with van der Waals surface area (Å²) in [6, 6.07) is 15.7. The minimum absolute atomic E-state index is 0.0994. The third-order valence-corrected chi connectivity index (χ3v) is 6.57. The van der Waals surface area contributed by atoms with Crippen molar-refractivity contribution in [2.45, 2.75) is 46.1 Å². The molecule has 0 aliphatic carbocycles. The number of amides is 1. The number of carbonyl (C=O) groups is 1. The smallest absolute Gasteiger partial charge is 0.252 e. The normalized spacial score (nSPS) is 11.1. The largest absolute Gasteiger partial charge is 0.494 e. The van der Waals surface area contributed by atoms with Gasteiger partial charge in [0, 0.05) is 36.9 Å². The topological polar surface area (TPSA) is 69.0 Å². The van der Waals surface area contributed by atoms with Crippen molar-refractivity contribution < 1.29 is 9.53 Å². The summed E-state index contributed by atoms with van der Waals surface area (Å²) in [6.45, 7) is 6.11. The molecule has 0 atom stereocenters. The summed E-state index contributed by atoms with van der Waals surface area (Å²) in [5.41, 5.74) is 4.79. The van der Waals surface area contributed by atoms with Gasteiger partial charge in [-0.1, -0.05) is 23.7 Å². The highest BCUT2D eigenvalue weighted by Crippen LogP contribution is 2.26. The average molecular weight is 491 g/mol. The van der Waals surface area contributed by atoms with E-state index in [-0.39, 0.29) is 5.91 Å². The molecule has 0 aliphatic rings. The van der Waals surface area contributed by atoms with Crippen molar-refractivity contribution in [3.63, 3.8) is 0 Å². The maximum absolute atomic E-state index is 12.2. The zero-order chi connectivity index (χ0) is 24.6. The minimum Gasteiger partial charge on any atom is -0.494 e. The third kappa shape index (κ3) is 6.40. The predicted octanol–water partition coefficient (Wildman–Crippen LogP) is 5.92. The molecule has 0 fully saturated rings. The maximum atomic E-state index is 12.2. The Morgan fingerprint density at radius 3 is 2.63 bits per heavy atom. The van der Waals surface area contributed by atoms with Crippen LogP contribution in [0.5, 0.6) is 5.75 Å². The molecular weight excluding hydrogens is 460 g/mol. The van der Waals surface area contributed by atoms with Gasteiger partial charge < -0.3 is 14.6 Å². The highest BCUT2D eigenvalue weighted by atomic mass is 35.5. The van der Waals surface area contributed by atoms with Crippen molar-refractivity contribution in [1.82, 2.24) is 19.9 Å². The quantitative estimate of drug-likeness (QED) is 0.265. The molecule has 7 heteroatoms. The Balaban J connectivity index is 1.29. The Morgan fingerprint density at radius 2 is 1.86 bits per heavy atom. The van der Waals surface area contributed by atoms with Gasteiger partial charge in [0.25, 0.3) is 5.91 Å². The molecule has 0 aliphatic heterocycles. The van der Waals surface area contributed by atoms with E-state index in [2.05, 4.69) is 20.9 Å². The number of fused-ring (bicyclic) bond motifs is 1. The summed E-state index contributed by atoms with van der Waals surface area (Å²) < 4.78 is 8.27. The summed E-state index contributed by atoms with van der Waals surface area (Å²) in [6.07, 6.45) is 6.76. The zero-order valence-corrected chi connectivity index (χ0v) is 21.0. The molecule has 1 N–H and O–H groups in total. The standard InChI is InChI=1S/C28H31ClN4O2/c1-20-17-23(18-21(2)27(20)29)35-16-6-5-15-33-25-11-4-3-10-24(25)32-26(33)12-8-14-31-28(34)22-9-7-13-30-19-22/h3-4,7,9-11,13,17-19H,5-6,8,12,14-16H2,1-2H3,(H,31,34). The number of para-hydroxylation sites is 2. The summed E-state index contributed by atoms with van der Waals surface area (Å²) in [4.78, 5) is 21.1. The molecule has 0 saturated heterocycles. The van der Waals surface area contributed by atoms with Gasteiger partial charge in [0.1, 0.15) is 11.6 Å². The molecule has 4 aromatic rings. The van der Waals surface area contributed by atoms with Gasteiger partial charge in [-0.25, -0.2) is 4.98 Å². The molecule has 1 amide bonds. The number of carbonyl (C=O) groups excluding carboxylic acids is 1. The number of hydrogen-bond donors (Lipinski definition) is 1. The van der Waals surface area contributed by atoms with Crippen molar-refractivity contribution in [2.75, 3.05) is 13.2 Å². The van der Waals surface area contributed by atoms with Crippen molar-refractivity contribution in [3.05, 3.63) is 88.5 Å². The summed E-state index contributed by atoms with van der Waals surface area (Å²) in [7, 11) is 0. The van der Waals surface area contributed by atoms with Gasteiger partial charge in [-0.15, -0.1) is 0 Å². The predicted molar refractivity (Wildman–Crippen MR) is 140 cm³/mol. The molecule has 0 saturated carbocycles. The van der Waals surface area contributed by atoms with Crippen LogP contribution >= 0.6 is 11.6 Å². The van der Waals surface area contributed by atoms with Gasteiger partial charge in [0.2, 0.25) is 0 Å². The van der Waals surface area contributed by atoms with Crippen molar-refractivity contribution in [3.8, 4) is 5.75 Å². The summed E-state index contributed by atoms with van der Waals surface area (Å²) in [5.74, 6) is 1.82. The van der Waals surface area contributed by atoms with Gasteiger partial charge in [0.05, 0.1) is 23.2 Å². The van der Waals surface area contributed by atoms with Gasteiger partial charge >= 0.3 is 0 Å². The van der Waals surface area contributed by atoms with Crippen LogP contribution < -0.4 is 10.1 Å².